The van der Waals surface area contributed by atoms with Gasteiger partial charge in [0.15, 0.2) is 5.78 Å². The van der Waals surface area contributed by atoms with Gasteiger partial charge in [-0.15, -0.1) is 0 Å². The van der Waals surface area contributed by atoms with Gasteiger partial charge < -0.3 is 9.88 Å². The van der Waals surface area contributed by atoms with E-state index in [0.29, 0.717) is 24.2 Å². The molecule has 2 aromatic rings. The Kier molecular flexibility index (Phi) is 3.84. The first-order valence-electron chi connectivity index (χ1n) is 8.07. The third kappa shape index (κ3) is 2.48. The number of carbonyl (C=O) groups excluding carboxylic acids is 2. The summed E-state index contributed by atoms with van der Waals surface area (Å²) in [5.74, 6) is -0.0332. The van der Waals surface area contributed by atoms with Crippen molar-refractivity contribution in [2.24, 2.45) is 0 Å². The van der Waals surface area contributed by atoms with Crippen molar-refractivity contribution in [1.29, 1.82) is 0 Å². The van der Waals surface area contributed by atoms with Gasteiger partial charge in [0.1, 0.15) is 5.69 Å². The first-order valence-corrected chi connectivity index (χ1v) is 8.07. The zero-order valence-corrected chi connectivity index (χ0v) is 14.1. The monoisotopic (exact) mass is 310 g/mol. The number of hydrogen-bond donors (Lipinski definition) is 1. The number of benzene rings is 1. The number of aromatic amines is 1. The summed E-state index contributed by atoms with van der Waals surface area (Å²) in [6, 6.07) is 6.24. The largest absolute Gasteiger partial charge is 0.354 e. The lowest BCUT2D eigenvalue weighted by Crippen LogP contribution is -2.30. The summed E-state index contributed by atoms with van der Waals surface area (Å²) in [4.78, 5) is 30.0. The van der Waals surface area contributed by atoms with Gasteiger partial charge in [-0.05, 0) is 56.4 Å². The smallest absolute Gasteiger partial charge is 0.275 e. The predicted molar refractivity (Wildman–Crippen MR) is 91.5 cm³/mol. The van der Waals surface area contributed by atoms with E-state index in [9.17, 15) is 9.59 Å². The Hall–Kier alpha value is -2.36. The molecule has 0 saturated carbocycles. The molecule has 1 aliphatic heterocycles. The van der Waals surface area contributed by atoms with Crippen molar-refractivity contribution in [3.63, 3.8) is 0 Å². The SMILES string of the molecule is CCc1c(C(=O)N2CCc3ccc(C)cc32)[nH]c(C)c1C(C)=O. The van der Waals surface area contributed by atoms with Crippen molar-refractivity contribution in [3.8, 4) is 0 Å². The van der Waals surface area contributed by atoms with Crippen molar-refractivity contribution in [2.45, 2.75) is 40.5 Å². The number of nitrogens with one attached hydrogen (secondary N) is 1. The first-order chi connectivity index (χ1) is 10.9. The highest BCUT2D eigenvalue weighted by Crippen LogP contribution is 2.31. The molecule has 3 rings (SSSR count). The molecule has 0 saturated heterocycles. The van der Waals surface area contributed by atoms with E-state index >= 15 is 0 Å². The number of hydrogen-bond acceptors (Lipinski definition) is 2. The lowest BCUT2D eigenvalue weighted by Gasteiger charge is -2.18. The minimum atomic E-state index is -0.0400. The number of fused-ring (bicyclic) bond motifs is 1. The second kappa shape index (κ2) is 5.69. The van der Waals surface area contributed by atoms with E-state index in [1.54, 1.807) is 6.92 Å². The Labute approximate surface area is 136 Å². The van der Waals surface area contributed by atoms with Crippen LogP contribution >= 0.6 is 0 Å². The summed E-state index contributed by atoms with van der Waals surface area (Å²) in [6.07, 6.45) is 1.54. The number of Topliss-reactive ketones (excluding diaryl/α,β-unsaturated/α-hetero) is 1. The Bertz CT molecular complexity index is 802. The molecule has 4 nitrogen and oxygen atoms in total. The topological polar surface area (TPSA) is 53.2 Å². The van der Waals surface area contributed by atoms with Crippen LogP contribution in [0.5, 0.6) is 0 Å². The molecule has 1 aliphatic rings. The van der Waals surface area contributed by atoms with E-state index in [2.05, 4.69) is 23.2 Å². The fourth-order valence-corrected chi connectivity index (χ4v) is 3.52. The summed E-state index contributed by atoms with van der Waals surface area (Å²) < 4.78 is 0. The molecular formula is C19H22N2O2. The van der Waals surface area contributed by atoms with Gasteiger partial charge in [0, 0.05) is 23.5 Å². The number of H-pyrrole nitrogens is 1. The normalized spacial score (nSPS) is 13.3. The van der Waals surface area contributed by atoms with Crippen LogP contribution in [-0.2, 0) is 12.8 Å². The molecule has 0 bridgehead atoms. The molecule has 4 heteroatoms. The van der Waals surface area contributed by atoms with Gasteiger partial charge in [0.05, 0.1) is 0 Å². The van der Waals surface area contributed by atoms with Gasteiger partial charge in [-0.25, -0.2) is 0 Å². The van der Waals surface area contributed by atoms with Gasteiger partial charge in [-0.2, -0.15) is 0 Å². The average molecular weight is 310 g/mol. The highest BCUT2D eigenvalue weighted by Gasteiger charge is 2.30. The van der Waals surface area contributed by atoms with Crippen LogP contribution in [0.1, 0.15) is 57.1 Å². The maximum absolute atomic E-state index is 13.1. The number of aromatic nitrogens is 1. The lowest BCUT2D eigenvalue weighted by atomic mass is 10.0. The van der Waals surface area contributed by atoms with Gasteiger partial charge in [-0.1, -0.05) is 19.1 Å². The molecule has 2 heterocycles. The first kappa shape index (κ1) is 15.5. The highest BCUT2D eigenvalue weighted by molar-refractivity contribution is 6.09. The molecule has 23 heavy (non-hydrogen) atoms. The van der Waals surface area contributed by atoms with E-state index in [1.807, 2.05) is 25.7 Å². The lowest BCUT2D eigenvalue weighted by molar-refractivity contribution is 0.0983. The predicted octanol–water partition coefficient (Wildman–Crippen LogP) is 3.60. The quantitative estimate of drug-likeness (QED) is 0.881. The number of aryl methyl sites for hydroxylation is 2. The molecule has 0 atom stereocenters. The molecule has 1 N–H and O–H groups in total. The molecule has 1 aromatic carbocycles. The summed E-state index contributed by atoms with van der Waals surface area (Å²) in [5.41, 5.74) is 6.18. The Morgan fingerprint density at radius 3 is 2.65 bits per heavy atom. The van der Waals surface area contributed by atoms with Gasteiger partial charge in [0.2, 0.25) is 0 Å². The van der Waals surface area contributed by atoms with E-state index in [0.717, 1.165) is 28.9 Å². The van der Waals surface area contributed by atoms with Gasteiger partial charge >= 0.3 is 0 Å². The van der Waals surface area contributed by atoms with Gasteiger partial charge in [0.25, 0.3) is 5.91 Å². The average Bonchev–Trinajstić information content (AvgIpc) is 3.06. The Morgan fingerprint density at radius 2 is 2.00 bits per heavy atom. The zero-order valence-electron chi connectivity index (χ0n) is 14.1. The van der Waals surface area contributed by atoms with Crippen LogP contribution in [0.25, 0.3) is 0 Å². The summed E-state index contributed by atoms with van der Waals surface area (Å²) in [5, 5.41) is 0. The molecule has 0 radical (unpaired) electrons. The number of rotatable bonds is 3. The zero-order chi connectivity index (χ0) is 16.7. The minimum Gasteiger partial charge on any atom is -0.354 e. The fraction of sp³-hybridized carbons (Fsp3) is 0.368. The van der Waals surface area contributed by atoms with Crippen LogP contribution in [0.4, 0.5) is 5.69 Å². The maximum Gasteiger partial charge on any atom is 0.275 e. The fourth-order valence-electron chi connectivity index (χ4n) is 3.52. The Morgan fingerprint density at radius 1 is 1.26 bits per heavy atom. The van der Waals surface area contributed by atoms with E-state index < -0.39 is 0 Å². The second-order valence-corrected chi connectivity index (χ2v) is 6.23. The van der Waals surface area contributed by atoms with Crippen LogP contribution in [0.3, 0.4) is 0 Å². The van der Waals surface area contributed by atoms with Gasteiger partial charge in [-0.3, -0.25) is 9.59 Å². The molecule has 0 spiro atoms. The molecule has 0 fully saturated rings. The standard InChI is InChI=1S/C19H22N2O2/c1-5-15-17(13(4)22)12(3)20-18(15)19(23)21-9-8-14-7-6-11(2)10-16(14)21/h6-7,10,20H,5,8-9H2,1-4H3. The molecule has 0 unspecified atom stereocenters. The van der Waals surface area contributed by atoms with Crippen LogP contribution in [-0.4, -0.2) is 23.2 Å². The summed E-state index contributed by atoms with van der Waals surface area (Å²) in [6.45, 7) is 8.11. The van der Waals surface area contributed by atoms with E-state index in [4.69, 9.17) is 0 Å². The van der Waals surface area contributed by atoms with Crippen molar-refractivity contribution in [2.75, 3.05) is 11.4 Å². The second-order valence-electron chi connectivity index (χ2n) is 6.23. The molecule has 1 aromatic heterocycles. The van der Waals surface area contributed by atoms with Crippen molar-refractivity contribution >= 4 is 17.4 Å². The molecule has 120 valence electrons. The van der Waals surface area contributed by atoms with Crippen LogP contribution < -0.4 is 4.90 Å². The summed E-state index contributed by atoms with van der Waals surface area (Å²) in [7, 11) is 0. The van der Waals surface area contributed by atoms with E-state index in [-0.39, 0.29) is 11.7 Å². The van der Waals surface area contributed by atoms with Crippen LogP contribution in [0, 0.1) is 13.8 Å². The molecular weight excluding hydrogens is 288 g/mol. The third-order valence-corrected chi connectivity index (χ3v) is 4.59. The Balaban J connectivity index is 2.05. The minimum absolute atomic E-state index is 0.00677. The number of nitrogens with zero attached hydrogens (tertiary/aromatic N) is 1. The number of amides is 1. The van der Waals surface area contributed by atoms with E-state index in [1.165, 1.54) is 5.56 Å². The van der Waals surface area contributed by atoms with Crippen molar-refractivity contribution in [3.05, 3.63) is 51.8 Å². The molecule has 1 amide bonds. The van der Waals surface area contributed by atoms with Crippen molar-refractivity contribution < 1.29 is 9.59 Å². The maximum atomic E-state index is 13.1. The van der Waals surface area contributed by atoms with Crippen LogP contribution in [0.2, 0.25) is 0 Å². The van der Waals surface area contributed by atoms with Crippen molar-refractivity contribution in [1.82, 2.24) is 4.98 Å². The molecule has 0 aliphatic carbocycles. The number of carbonyl (C=O) groups is 2. The number of anilines is 1. The number of ketones is 1. The summed E-state index contributed by atoms with van der Waals surface area (Å²) >= 11 is 0. The van der Waals surface area contributed by atoms with Crippen LogP contribution in [0.15, 0.2) is 18.2 Å². The highest BCUT2D eigenvalue weighted by atomic mass is 16.2. The third-order valence-electron chi connectivity index (χ3n) is 4.59.